The van der Waals surface area contributed by atoms with Crippen LogP contribution in [0.1, 0.15) is 26.2 Å². The van der Waals surface area contributed by atoms with E-state index in [0.717, 1.165) is 5.57 Å². The quantitative estimate of drug-likeness (QED) is 0.810. The number of nitrogens with one attached hydrogen (secondary N) is 1. The second-order valence-electron chi connectivity index (χ2n) is 6.71. The molecule has 7 nitrogen and oxygen atoms in total. The van der Waals surface area contributed by atoms with Crippen LogP contribution in [0.3, 0.4) is 0 Å². The highest BCUT2D eigenvalue weighted by Gasteiger charge is 2.34. The smallest absolute Gasteiger partial charge is 0.252 e. The van der Waals surface area contributed by atoms with E-state index >= 15 is 0 Å². The molecular weight excluding hydrogens is 342 g/mol. The van der Waals surface area contributed by atoms with E-state index in [-0.39, 0.29) is 23.4 Å². The highest BCUT2D eigenvalue weighted by Crippen LogP contribution is 2.27. The van der Waals surface area contributed by atoms with Crippen molar-refractivity contribution in [2.75, 3.05) is 18.0 Å². The maximum Gasteiger partial charge on any atom is 0.252 e. The first-order chi connectivity index (χ1) is 13.1. The van der Waals surface area contributed by atoms with E-state index in [1.54, 1.807) is 11.2 Å². The second-order valence-corrected chi connectivity index (χ2v) is 6.71. The zero-order valence-electron chi connectivity index (χ0n) is 15.5. The lowest BCUT2D eigenvalue weighted by atomic mass is 9.94. The summed E-state index contributed by atoms with van der Waals surface area (Å²) in [6, 6.07) is 1.28. The fraction of sp³-hybridized carbons (Fsp3) is 0.400. The minimum absolute atomic E-state index is 0.0449. The lowest BCUT2D eigenvalue weighted by Crippen LogP contribution is -2.43. The molecule has 0 bridgehead atoms. The first kappa shape index (κ1) is 18.8. The zero-order chi connectivity index (χ0) is 19.2. The molecule has 1 atom stereocenters. The summed E-state index contributed by atoms with van der Waals surface area (Å²) in [4.78, 5) is 33.4. The summed E-state index contributed by atoms with van der Waals surface area (Å²) < 4.78 is 0. The SMILES string of the molecule is C=C(/C=C\C=C/C)[C@@H]1CC=NN1C(=O)C1CCN(c2nccc(=O)[nH]2)CC1. The summed E-state index contributed by atoms with van der Waals surface area (Å²) in [7, 11) is 0. The molecule has 1 amide bonds. The minimum atomic E-state index is -0.170. The van der Waals surface area contributed by atoms with Crippen LogP contribution in [-0.4, -0.2) is 46.2 Å². The Morgan fingerprint density at radius 2 is 2.11 bits per heavy atom. The first-order valence-corrected chi connectivity index (χ1v) is 9.24. The highest BCUT2D eigenvalue weighted by molar-refractivity contribution is 5.82. The number of allylic oxidation sites excluding steroid dienone is 3. The van der Waals surface area contributed by atoms with Crippen molar-refractivity contribution in [3.63, 3.8) is 0 Å². The van der Waals surface area contributed by atoms with Crippen LogP contribution in [0.5, 0.6) is 0 Å². The van der Waals surface area contributed by atoms with Gasteiger partial charge in [0.2, 0.25) is 11.9 Å². The molecule has 1 saturated heterocycles. The van der Waals surface area contributed by atoms with Gasteiger partial charge in [0.15, 0.2) is 0 Å². The van der Waals surface area contributed by atoms with Gasteiger partial charge in [-0.05, 0) is 25.3 Å². The predicted octanol–water partition coefficient (Wildman–Crippen LogP) is 2.26. The van der Waals surface area contributed by atoms with Gasteiger partial charge < -0.3 is 4.90 Å². The standard InChI is InChI=1S/C20H25N5O2/c1-3-4-5-6-15(2)17-7-12-22-25(17)19(27)16-9-13-24(14-10-16)20-21-11-8-18(26)23-20/h3-6,8,11-12,16-17H,2,7,9-10,13-14H2,1H3,(H,21,23,26)/b4-3-,6-5-/t17-/m0/s1. The molecule has 7 heteroatoms. The van der Waals surface area contributed by atoms with Crippen molar-refractivity contribution in [2.24, 2.45) is 11.0 Å². The van der Waals surface area contributed by atoms with E-state index in [1.807, 2.05) is 36.1 Å². The van der Waals surface area contributed by atoms with Crippen LogP contribution >= 0.6 is 0 Å². The molecule has 0 aromatic carbocycles. The molecule has 0 unspecified atom stereocenters. The molecule has 0 radical (unpaired) electrons. The van der Waals surface area contributed by atoms with Crippen molar-refractivity contribution < 1.29 is 4.79 Å². The number of anilines is 1. The third-order valence-corrected chi connectivity index (χ3v) is 4.90. The van der Waals surface area contributed by atoms with E-state index in [2.05, 4.69) is 21.6 Å². The van der Waals surface area contributed by atoms with Crippen molar-refractivity contribution >= 4 is 18.1 Å². The average molecular weight is 367 g/mol. The number of aromatic nitrogens is 2. The molecule has 142 valence electrons. The Bertz CT molecular complexity index is 831. The third-order valence-electron chi connectivity index (χ3n) is 4.90. The van der Waals surface area contributed by atoms with Gasteiger partial charge in [-0.25, -0.2) is 9.99 Å². The van der Waals surface area contributed by atoms with Crippen LogP contribution in [0.2, 0.25) is 0 Å². The van der Waals surface area contributed by atoms with Gasteiger partial charge in [-0.15, -0.1) is 0 Å². The molecule has 1 aromatic heterocycles. The first-order valence-electron chi connectivity index (χ1n) is 9.24. The molecule has 3 heterocycles. The third kappa shape index (κ3) is 4.42. The van der Waals surface area contributed by atoms with Crippen LogP contribution < -0.4 is 10.5 Å². The number of carbonyl (C=O) groups is 1. The van der Waals surface area contributed by atoms with E-state index < -0.39 is 0 Å². The molecular formula is C20H25N5O2. The Hall–Kier alpha value is -2.96. The summed E-state index contributed by atoms with van der Waals surface area (Å²) in [5.41, 5.74) is 0.708. The molecule has 3 rings (SSSR count). The summed E-state index contributed by atoms with van der Waals surface area (Å²) in [6.07, 6.45) is 13.1. The zero-order valence-corrected chi connectivity index (χ0v) is 15.5. The number of hydrogen-bond acceptors (Lipinski definition) is 5. The number of nitrogens with zero attached hydrogens (tertiary/aromatic N) is 4. The summed E-state index contributed by atoms with van der Waals surface area (Å²) >= 11 is 0. The largest absolute Gasteiger partial charge is 0.342 e. The Labute approximate surface area is 158 Å². The molecule has 0 aliphatic carbocycles. The summed E-state index contributed by atoms with van der Waals surface area (Å²) in [5, 5.41) is 5.89. The number of hydrazone groups is 1. The van der Waals surface area contributed by atoms with E-state index in [4.69, 9.17) is 0 Å². The van der Waals surface area contributed by atoms with Crippen LogP contribution in [0.15, 0.2) is 58.6 Å². The second kappa shape index (κ2) is 8.62. The van der Waals surface area contributed by atoms with Gasteiger partial charge in [-0.2, -0.15) is 5.10 Å². The van der Waals surface area contributed by atoms with Crippen molar-refractivity contribution in [2.45, 2.75) is 32.2 Å². The minimum Gasteiger partial charge on any atom is -0.342 e. The van der Waals surface area contributed by atoms with Gasteiger partial charge in [0.1, 0.15) is 0 Å². The summed E-state index contributed by atoms with van der Waals surface area (Å²) in [5.74, 6) is 0.526. The van der Waals surface area contributed by atoms with Crippen molar-refractivity contribution in [3.05, 3.63) is 59.1 Å². The Kier molecular flexibility index (Phi) is 6.01. The average Bonchev–Trinajstić information content (AvgIpc) is 3.17. The molecule has 2 aliphatic rings. The number of carbonyl (C=O) groups excluding carboxylic acids is 1. The molecule has 2 aliphatic heterocycles. The van der Waals surface area contributed by atoms with Crippen molar-refractivity contribution in [1.29, 1.82) is 0 Å². The monoisotopic (exact) mass is 367 g/mol. The lowest BCUT2D eigenvalue weighted by Gasteiger charge is -2.34. The van der Waals surface area contributed by atoms with E-state index in [0.29, 0.717) is 38.3 Å². The van der Waals surface area contributed by atoms with Gasteiger partial charge in [0.25, 0.3) is 5.56 Å². The number of rotatable bonds is 5. The number of piperidine rings is 1. The van der Waals surface area contributed by atoms with Gasteiger partial charge >= 0.3 is 0 Å². The summed E-state index contributed by atoms with van der Waals surface area (Å²) in [6.45, 7) is 7.40. The van der Waals surface area contributed by atoms with E-state index in [1.165, 1.54) is 12.3 Å². The fourth-order valence-corrected chi connectivity index (χ4v) is 3.38. The number of amides is 1. The Morgan fingerprint density at radius 3 is 2.81 bits per heavy atom. The van der Waals surface area contributed by atoms with Crippen LogP contribution in [0.4, 0.5) is 5.95 Å². The number of aromatic amines is 1. The normalized spacial score (nSPS) is 20.9. The number of hydrogen-bond donors (Lipinski definition) is 1. The van der Waals surface area contributed by atoms with Crippen molar-refractivity contribution in [3.8, 4) is 0 Å². The molecule has 1 N–H and O–H groups in total. The van der Waals surface area contributed by atoms with Crippen LogP contribution in [-0.2, 0) is 4.79 Å². The highest BCUT2D eigenvalue weighted by atomic mass is 16.2. The lowest BCUT2D eigenvalue weighted by molar-refractivity contribution is -0.137. The van der Waals surface area contributed by atoms with Gasteiger partial charge in [-0.1, -0.05) is 30.9 Å². The van der Waals surface area contributed by atoms with Crippen LogP contribution in [0, 0.1) is 5.92 Å². The number of H-pyrrole nitrogens is 1. The molecule has 27 heavy (non-hydrogen) atoms. The Morgan fingerprint density at radius 1 is 1.33 bits per heavy atom. The molecule has 1 aromatic rings. The molecule has 0 saturated carbocycles. The van der Waals surface area contributed by atoms with E-state index in [9.17, 15) is 9.59 Å². The fourth-order valence-electron chi connectivity index (χ4n) is 3.38. The van der Waals surface area contributed by atoms with Gasteiger partial charge in [-0.3, -0.25) is 14.6 Å². The van der Waals surface area contributed by atoms with Crippen LogP contribution in [0.25, 0.3) is 0 Å². The molecule has 0 spiro atoms. The Balaban J connectivity index is 1.60. The van der Waals surface area contributed by atoms with Gasteiger partial charge in [0, 0.05) is 43.9 Å². The van der Waals surface area contributed by atoms with Crippen molar-refractivity contribution in [1.82, 2.24) is 15.0 Å². The predicted molar refractivity (Wildman–Crippen MR) is 107 cm³/mol. The maximum atomic E-state index is 13.0. The van der Waals surface area contributed by atoms with Gasteiger partial charge in [0.05, 0.1) is 6.04 Å². The topological polar surface area (TPSA) is 81.7 Å². The maximum absolute atomic E-state index is 13.0. The molecule has 1 fully saturated rings.